The first-order chi connectivity index (χ1) is 12.6. The van der Waals surface area contributed by atoms with Gasteiger partial charge in [0.15, 0.2) is 0 Å². The van der Waals surface area contributed by atoms with Gasteiger partial charge in [0, 0.05) is 16.4 Å². The van der Waals surface area contributed by atoms with Gasteiger partial charge in [-0.1, -0.05) is 35.9 Å². The second kappa shape index (κ2) is 6.89. The van der Waals surface area contributed by atoms with Crippen molar-refractivity contribution in [1.82, 2.24) is 9.13 Å². The Bertz CT molecular complexity index is 1120. The Kier molecular flexibility index (Phi) is 4.59. The summed E-state index contributed by atoms with van der Waals surface area (Å²) in [6.07, 6.45) is 5.82. The highest BCUT2D eigenvalue weighted by Crippen LogP contribution is 2.34. The predicted molar refractivity (Wildman–Crippen MR) is 108 cm³/mol. The minimum atomic E-state index is -0.305. The summed E-state index contributed by atoms with van der Waals surface area (Å²) in [4.78, 5) is 28.3. The van der Waals surface area contributed by atoms with Gasteiger partial charge in [-0.05, 0) is 42.9 Å². The second-order valence-corrected chi connectivity index (χ2v) is 8.05. The molecule has 3 aromatic rings. The van der Waals surface area contributed by atoms with Gasteiger partial charge in [-0.3, -0.25) is 13.9 Å². The lowest BCUT2D eigenvalue weighted by atomic mass is 9.97. The zero-order chi connectivity index (χ0) is 18.3. The Labute approximate surface area is 160 Å². The first-order valence-electron chi connectivity index (χ1n) is 8.74. The molecule has 2 heterocycles. The third kappa shape index (κ3) is 2.75. The van der Waals surface area contributed by atoms with Gasteiger partial charge in [-0.2, -0.15) is 0 Å². The molecule has 2 aromatic heterocycles. The van der Waals surface area contributed by atoms with Crippen LogP contribution in [0.4, 0.5) is 0 Å². The molecule has 6 heteroatoms. The molecule has 0 bridgehead atoms. The van der Waals surface area contributed by atoms with Crippen LogP contribution in [-0.4, -0.2) is 9.13 Å². The Morgan fingerprint density at radius 2 is 1.92 bits per heavy atom. The van der Waals surface area contributed by atoms with Crippen LogP contribution >= 0.6 is 22.9 Å². The molecule has 0 unspecified atom stereocenters. The number of hydrogen-bond acceptors (Lipinski definition) is 3. The van der Waals surface area contributed by atoms with E-state index in [0.717, 1.165) is 41.6 Å². The van der Waals surface area contributed by atoms with E-state index in [1.165, 1.54) is 9.44 Å². The highest BCUT2D eigenvalue weighted by atomic mass is 35.5. The van der Waals surface area contributed by atoms with E-state index in [1.807, 2.05) is 18.2 Å². The van der Waals surface area contributed by atoms with Crippen molar-refractivity contribution < 1.29 is 0 Å². The Morgan fingerprint density at radius 1 is 1.15 bits per heavy atom. The number of aromatic nitrogens is 2. The molecule has 0 aliphatic heterocycles. The van der Waals surface area contributed by atoms with Gasteiger partial charge in [0.25, 0.3) is 5.56 Å². The van der Waals surface area contributed by atoms with Crippen LogP contribution in [0.1, 0.15) is 28.8 Å². The summed E-state index contributed by atoms with van der Waals surface area (Å²) in [6.45, 7) is 4.33. The van der Waals surface area contributed by atoms with E-state index in [-0.39, 0.29) is 17.8 Å². The zero-order valence-corrected chi connectivity index (χ0v) is 15.9. The molecule has 0 saturated carbocycles. The molecular weight excluding hydrogens is 368 g/mol. The molecule has 1 aromatic carbocycles. The van der Waals surface area contributed by atoms with Crippen LogP contribution in [0, 0.1) is 0 Å². The fourth-order valence-electron chi connectivity index (χ4n) is 3.64. The van der Waals surface area contributed by atoms with Crippen LogP contribution < -0.4 is 11.2 Å². The topological polar surface area (TPSA) is 44.0 Å². The molecule has 1 aliphatic carbocycles. The second-order valence-electron chi connectivity index (χ2n) is 6.56. The van der Waals surface area contributed by atoms with Crippen LogP contribution in [0.2, 0.25) is 5.02 Å². The molecule has 0 spiro atoms. The fraction of sp³-hybridized carbons (Fsp3) is 0.300. The van der Waals surface area contributed by atoms with Gasteiger partial charge in [-0.15, -0.1) is 17.9 Å². The van der Waals surface area contributed by atoms with Crippen molar-refractivity contribution >= 4 is 33.2 Å². The summed E-state index contributed by atoms with van der Waals surface area (Å²) >= 11 is 7.84. The molecule has 0 radical (unpaired) electrons. The highest BCUT2D eigenvalue weighted by molar-refractivity contribution is 7.18. The first kappa shape index (κ1) is 17.3. The van der Waals surface area contributed by atoms with Gasteiger partial charge in [-0.25, -0.2) is 4.79 Å². The molecule has 0 saturated heterocycles. The average Bonchev–Trinajstić information content (AvgIpc) is 3.03. The quantitative estimate of drug-likeness (QED) is 0.636. The maximum atomic E-state index is 13.2. The fourth-order valence-corrected chi connectivity index (χ4v) is 5.22. The van der Waals surface area contributed by atoms with Crippen molar-refractivity contribution in [2.75, 3.05) is 0 Å². The number of benzene rings is 1. The smallest absolute Gasteiger partial charge is 0.280 e. The number of rotatable bonds is 4. The third-order valence-corrected chi connectivity index (χ3v) is 6.60. The van der Waals surface area contributed by atoms with Gasteiger partial charge in [0.1, 0.15) is 4.83 Å². The lowest BCUT2D eigenvalue weighted by molar-refractivity contribution is 0.641. The van der Waals surface area contributed by atoms with Crippen molar-refractivity contribution in [1.29, 1.82) is 0 Å². The Morgan fingerprint density at radius 3 is 2.69 bits per heavy atom. The standard InChI is InChI=1S/C20H19ClN2O2S/c1-2-11-22-19-17(14-8-4-6-10-16(14)26-19)18(24)23(20(22)25)12-13-7-3-5-9-15(13)21/h2-3,5,7,9H,1,4,6,8,10-12H2. The largest absolute Gasteiger partial charge is 0.332 e. The van der Waals surface area contributed by atoms with E-state index in [9.17, 15) is 9.59 Å². The van der Waals surface area contributed by atoms with E-state index in [1.54, 1.807) is 28.0 Å². The lowest BCUT2D eigenvalue weighted by Gasteiger charge is -2.13. The number of nitrogens with zero attached hydrogens (tertiary/aromatic N) is 2. The molecular formula is C20H19ClN2O2S. The van der Waals surface area contributed by atoms with Gasteiger partial charge in [0.05, 0.1) is 11.9 Å². The highest BCUT2D eigenvalue weighted by Gasteiger charge is 2.23. The summed E-state index contributed by atoms with van der Waals surface area (Å²) in [5.74, 6) is 0. The average molecular weight is 387 g/mol. The number of allylic oxidation sites excluding steroid dienone is 1. The van der Waals surface area contributed by atoms with Gasteiger partial charge >= 0.3 is 5.69 Å². The Balaban J connectivity index is 2.01. The van der Waals surface area contributed by atoms with Crippen molar-refractivity contribution in [2.24, 2.45) is 0 Å². The maximum absolute atomic E-state index is 13.2. The van der Waals surface area contributed by atoms with E-state index in [0.29, 0.717) is 17.0 Å². The monoisotopic (exact) mass is 386 g/mol. The molecule has 4 rings (SSSR count). The molecule has 4 nitrogen and oxygen atoms in total. The molecule has 0 amide bonds. The molecule has 0 atom stereocenters. The maximum Gasteiger partial charge on any atom is 0.332 e. The summed E-state index contributed by atoms with van der Waals surface area (Å²) < 4.78 is 2.98. The molecule has 0 N–H and O–H groups in total. The summed E-state index contributed by atoms with van der Waals surface area (Å²) in [5, 5.41) is 1.26. The number of halogens is 1. The number of fused-ring (bicyclic) bond motifs is 3. The number of hydrogen-bond donors (Lipinski definition) is 0. The Hall–Kier alpha value is -2.11. The van der Waals surface area contributed by atoms with E-state index < -0.39 is 0 Å². The molecule has 0 fully saturated rings. The van der Waals surface area contributed by atoms with E-state index in [2.05, 4.69) is 6.58 Å². The normalized spacial score (nSPS) is 13.7. The zero-order valence-electron chi connectivity index (χ0n) is 14.3. The van der Waals surface area contributed by atoms with Gasteiger partial charge < -0.3 is 0 Å². The molecule has 1 aliphatic rings. The van der Waals surface area contributed by atoms with Crippen molar-refractivity contribution in [3.8, 4) is 0 Å². The predicted octanol–water partition coefficient (Wildman–Crippen LogP) is 3.99. The lowest BCUT2D eigenvalue weighted by Crippen LogP contribution is -2.40. The van der Waals surface area contributed by atoms with E-state index >= 15 is 0 Å². The number of aryl methyl sites for hydroxylation is 2. The SMILES string of the molecule is C=CCn1c(=O)n(Cc2ccccc2Cl)c(=O)c2c3c(sc21)CCCC3. The summed E-state index contributed by atoms with van der Waals surface area (Å²) in [6, 6.07) is 7.32. The minimum Gasteiger partial charge on any atom is -0.280 e. The van der Waals surface area contributed by atoms with Crippen LogP contribution in [0.5, 0.6) is 0 Å². The van der Waals surface area contributed by atoms with Crippen molar-refractivity contribution in [3.05, 3.63) is 78.8 Å². The first-order valence-corrected chi connectivity index (χ1v) is 9.93. The summed E-state index contributed by atoms with van der Waals surface area (Å²) in [7, 11) is 0. The molecule has 134 valence electrons. The van der Waals surface area contributed by atoms with Crippen LogP contribution in [-0.2, 0) is 25.9 Å². The third-order valence-electron chi connectivity index (χ3n) is 4.92. The summed E-state index contributed by atoms with van der Waals surface area (Å²) in [5.41, 5.74) is 1.39. The van der Waals surface area contributed by atoms with Gasteiger partial charge in [0.2, 0.25) is 0 Å². The van der Waals surface area contributed by atoms with E-state index in [4.69, 9.17) is 11.6 Å². The van der Waals surface area contributed by atoms with Crippen LogP contribution in [0.15, 0.2) is 46.5 Å². The molecule has 26 heavy (non-hydrogen) atoms. The minimum absolute atomic E-state index is 0.176. The van der Waals surface area contributed by atoms with Crippen molar-refractivity contribution in [2.45, 2.75) is 38.8 Å². The number of thiophene rings is 1. The van der Waals surface area contributed by atoms with Crippen LogP contribution in [0.25, 0.3) is 10.2 Å². The van der Waals surface area contributed by atoms with Crippen molar-refractivity contribution in [3.63, 3.8) is 0 Å². The van der Waals surface area contributed by atoms with Crippen LogP contribution in [0.3, 0.4) is 0 Å².